The largest absolute Gasteiger partial charge is 0.315 e. The SMILES string of the molecule is [2H]N1CCC2(CCCN2)C1. The summed E-state index contributed by atoms with van der Waals surface area (Å²) in [6.45, 7) is 3.05. The zero-order valence-electron chi connectivity index (χ0n) is 6.69. The molecule has 2 aliphatic rings. The van der Waals surface area contributed by atoms with Crippen molar-refractivity contribution < 1.29 is 1.41 Å². The van der Waals surface area contributed by atoms with Gasteiger partial charge in [0, 0.05) is 12.1 Å². The van der Waals surface area contributed by atoms with Gasteiger partial charge in [0.05, 0.1) is 0 Å². The molecule has 2 heterocycles. The summed E-state index contributed by atoms with van der Waals surface area (Å²) in [4.78, 5) is 0. The van der Waals surface area contributed by atoms with E-state index in [0.29, 0.717) is 5.54 Å². The van der Waals surface area contributed by atoms with Gasteiger partial charge in [-0.25, -0.2) is 0 Å². The summed E-state index contributed by atoms with van der Waals surface area (Å²) in [6.07, 6.45) is 3.76. The highest BCUT2D eigenvalue weighted by Gasteiger charge is 2.35. The normalized spacial score (nSPS) is 46.4. The van der Waals surface area contributed by atoms with Gasteiger partial charge in [0.25, 0.3) is 0 Å². The average molecular weight is 127 g/mol. The summed E-state index contributed by atoms with van der Waals surface area (Å²) < 4.78 is 7.42. The Balaban J connectivity index is 2.03. The maximum Gasteiger partial charge on any atom is 0.122 e. The molecule has 1 spiro atoms. The van der Waals surface area contributed by atoms with E-state index < -0.39 is 0 Å². The van der Waals surface area contributed by atoms with Crippen LogP contribution in [-0.2, 0) is 0 Å². The molecule has 2 fully saturated rings. The maximum atomic E-state index is 7.42. The van der Waals surface area contributed by atoms with E-state index in [1.165, 1.54) is 19.3 Å². The number of hydrogen-bond acceptors (Lipinski definition) is 2. The van der Waals surface area contributed by atoms with E-state index in [0.717, 1.165) is 19.6 Å². The van der Waals surface area contributed by atoms with Crippen LogP contribution in [0.25, 0.3) is 0 Å². The second kappa shape index (κ2) is 1.96. The smallest absolute Gasteiger partial charge is 0.122 e. The monoisotopic (exact) mass is 127 g/mol. The molecule has 9 heavy (non-hydrogen) atoms. The van der Waals surface area contributed by atoms with E-state index in [1.54, 1.807) is 5.31 Å². The fourth-order valence-electron chi connectivity index (χ4n) is 1.88. The molecule has 0 aromatic carbocycles. The van der Waals surface area contributed by atoms with Crippen molar-refractivity contribution in [1.29, 1.82) is 0 Å². The second-order valence-electron chi connectivity index (χ2n) is 3.17. The molecular formula is C7H14N2. The Labute approximate surface area is 57.5 Å². The zero-order chi connectivity index (χ0) is 7.03. The van der Waals surface area contributed by atoms with Crippen molar-refractivity contribution in [2.75, 3.05) is 19.6 Å². The van der Waals surface area contributed by atoms with E-state index in [1.807, 2.05) is 0 Å². The van der Waals surface area contributed by atoms with Gasteiger partial charge in [0.1, 0.15) is 1.41 Å². The van der Waals surface area contributed by atoms with E-state index >= 15 is 0 Å². The molecule has 2 aliphatic heterocycles. The predicted molar refractivity (Wildman–Crippen MR) is 37.5 cm³/mol. The minimum atomic E-state index is 0.349. The highest BCUT2D eigenvalue weighted by Crippen LogP contribution is 2.24. The first-order valence-electron chi connectivity index (χ1n) is 4.24. The summed E-state index contributed by atoms with van der Waals surface area (Å²) in [5.74, 6) is 0. The van der Waals surface area contributed by atoms with Crippen LogP contribution in [0.4, 0.5) is 0 Å². The third-order valence-electron chi connectivity index (χ3n) is 2.50. The Kier molecular flexibility index (Phi) is 1.02. The van der Waals surface area contributed by atoms with Crippen LogP contribution >= 0.6 is 0 Å². The molecule has 1 unspecified atom stereocenters. The molecule has 0 amide bonds. The molecule has 1 atom stereocenters. The van der Waals surface area contributed by atoms with Crippen molar-refractivity contribution in [3.05, 3.63) is 0 Å². The van der Waals surface area contributed by atoms with E-state index in [2.05, 4.69) is 5.32 Å². The molecule has 0 radical (unpaired) electrons. The van der Waals surface area contributed by atoms with Crippen LogP contribution in [0.2, 0.25) is 1.41 Å². The number of hydrogen-bond donors (Lipinski definition) is 2. The van der Waals surface area contributed by atoms with Crippen molar-refractivity contribution in [2.24, 2.45) is 0 Å². The lowest BCUT2D eigenvalue weighted by Gasteiger charge is -2.21. The first-order valence-corrected chi connectivity index (χ1v) is 3.80. The Bertz CT molecular complexity index is 132. The molecule has 0 bridgehead atoms. The minimum absolute atomic E-state index is 0.349. The molecule has 2 saturated heterocycles. The fourth-order valence-corrected chi connectivity index (χ4v) is 1.88. The third-order valence-corrected chi connectivity index (χ3v) is 2.50. The molecule has 0 saturated carbocycles. The zero-order valence-corrected chi connectivity index (χ0v) is 5.69. The van der Waals surface area contributed by atoms with Crippen LogP contribution in [0.5, 0.6) is 0 Å². The average Bonchev–Trinajstić information content (AvgIpc) is 2.46. The number of rotatable bonds is 0. The summed E-state index contributed by atoms with van der Waals surface area (Å²) in [7, 11) is 0. The van der Waals surface area contributed by atoms with Crippen molar-refractivity contribution in [3.63, 3.8) is 0 Å². The molecular weight excluding hydrogens is 112 g/mol. The van der Waals surface area contributed by atoms with E-state index in [4.69, 9.17) is 1.41 Å². The highest BCUT2D eigenvalue weighted by atomic mass is 15.1. The van der Waals surface area contributed by atoms with Crippen molar-refractivity contribution >= 4 is 0 Å². The molecule has 2 nitrogen and oxygen atoms in total. The van der Waals surface area contributed by atoms with Gasteiger partial charge < -0.3 is 10.6 Å². The van der Waals surface area contributed by atoms with Crippen molar-refractivity contribution in [3.8, 4) is 0 Å². The van der Waals surface area contributed by atoms with Gasteiger partial charge in [-0.15, -0.1) is 0 Å². The molecule has 0 aromatic heterocycles. The quantitative estimate of drug-likeness (QED) is 0.482. The highest BCUT2D eigenvalue weighted by molar-refractivity contribution is 4.98. The van der Waals surface area contributed by atoms with E-state index in [9.17, 15) is 0 Å². The van der Waals surface area contributed by atoms with Crippen molar-refractivity contribution in [2.45, 2.75) is 24.8 Å². The van der Waals surface area contributed by atoms with Gasteiger partial charge in [0.15, 0.2) is 0 Å². The lowest BCUT2D eigenvalue weighted by Crippen LogP contribution is -2.41. The lowest BCUT2D eigenvalue weighted by atomic mass is 9.97. The minimum Gasteiger partial charge on any atom is -0.315 e. The van der Waals surface area contributed by atoms with Crippen LogP contribution < -0.4 is 10.6 Å². The van der Waals surface area contributed by atoms with Gasteiger partial charge >= 0.3 is 0 Å². The molecule has 0 aromatic rings. The maximum absolute atomic E-state index is 7.42. The molecule has 52 valence electrons. The van der Waals surface area contributed by atoms with Gasteiger partial charge in [0.2, 0.25) is 0 Å². The molecule has 2 rings (SSSR count). The molecule has 2 heteroatoms. The fraction of sp³-hybridized carbons (Fsp3) is 1.00. The van der Waals surface area contributed by atoms with Gasteiger partial charge in [-0.05, 0) is 32.4 Å². The van der Waals surface area contributed by atoms with Gasteiger partial charge in [-0.3, -0.25) is 0 Å². The Hall–Kier alpha value is -0.0800. The Morgan fingerprint density at radius 2 is 2.33 bits per heavy atom. The van der Waals surface area contributed by atoms with Crippen LogP contribution in [0.1, 0.15) is 19.3 Å². The topological polar surface area (TPSA) is 24.1 Å². The summed E-state index contributed by atoms with van der Waals surface area (Å²) in [5, 5.41) is 5.18. The summed E-state index contributed by atoms with van der Waals surface area (Å²) >= 11 is 0. The van der Waals surface area contributed by atoms with Gasteiger partial charge in [-0.1, -0.05) is 0 Å². The van der Waals surface area contributed by atoms with Crippen molar-refractivity contribution in [1.82, 2.24) is 10.6 Å². The van der Waals surface area contributed by atoms with Crippen LogP contribution in [0, 0.1) is 0 Å². The second-order valence-corrected chi connectivity index (χ2v) is 3.17. The van der Waals surface area contributed by atoms with Gasteiger partial charge in [-0.2, -0.15) is 0 Å². The number of nitrogens with one attached hydrogen (secondary N) is 2. The summed E-state index contributed by atoms with van der Waals surface area (Å²) in [5.41, 5.74) is 0.349. The molecule has 2 N–H and O–H groups in total. The first-order chi connectivity index (χ1) is 4.81. The van der Waals surface area contributed by atoms with E-state index in [-0.39, 0.29) is 0 Å². The lowest BCUT2D eigenvalue weighted by molar-refractivity contribution is 0.414. The Morgan fingerprint density at radius 3 is 2.89 bits per heavy atom. The molecule has 0 aliphatic carbocycles. The van der Waals surface area contributed by atoms with Crippen LogP contribution in [0.15, 0.2) is 0 Å². The summed E-state index contributed by atoms with van der Waals surface area (Å²) in [6, 6.07) is 0. The first kappa shape index (κ1) is 4.69. The predicted octanol–water partition coefficient (Wildman–Crippen LogP) is 0.102. The Morgan fingerprint density at radius 1 is 1.33 bits per heavy atom. The van der Waals surface area contributed by atoms with Crippen LogP contribution in [0.3, 0.4) is 0 Å². The third kappa shape index (κ3) is 0.864. The standard InChI is InChI=1S/C7H14N2/c1-2-7(9-4-1)3-5-8-6-7/h8-9H,1-6H2/i/hD. The van der Waals surface area contributed by atoms with Crippen LogP contribution in [-0.4, -0.2) is 25.2 Å².